The van der Waals surface area contributed by atoms with Crippen molar-refractivity contribution in [1.29, 1.82) is 0 Å². The van der Waals surface area contributed by atoms with Gasteiger partial charge in [0, 0.05) is 0 Å². The van der Waals surface area contributed by atoms with E-state index in [1.165, 1.54) is 24.3 Å². The molecule has 0 aromatic heterocycles. The Morgan fingerprint density at radius 1 is 1.07 bits per heavy atom. The van der Waals surface area contributed by atoms with E-state index in [9.17, 15) is 22.8 Å². The lowest BCUT2D eigenvalue weighted by Crippen LogP contribution is -2.47. The van der Waals surface area contributed by atoms with Crippen molar-refractivity contribution in [3.05, 3.63) is 59.1 Å². The van der Waals surface area contributed by atoms with Crippen molar-refractivity contribution in [1.82, 2.24) is 5.32 Å². The van der Waals surface area contributed by atoms with Gasteiger partial charge in [0.2, 0.25) is 5.91 Å². The van der Waals surface area contributed by atoms with E-state index >= 15 is 0 Å². The first kappa shape index (κ1) is 22.5. The Labute approximate surface area is 171 Å². The monoisotopic (exact) mass is 428 g/mol. The Hall–Kier alpha value is -2.74. The first-order valence-electron chi connectivity index (χ1n) is 8.73. The standard InChI is InChI=1S/C20H20ClF3N2O3/c1-12(2)17(26-18(27)13-7-3-4-8-14(13)21)19(28)25-15-9-5-6-10-16(15)29-11-20(22,23)24/h3-10,12,17H,11H2,1-2H3,(H,25,28)(H,26,27)/t17-/m1/s1. The maximum Gasteiger partial charge on any atom is 0.422 e. The van der Waals surface area contributed by atoms with E-state index in [0.717, 1.165) is 0 Å². The Kier molecular flexibility index (Phi) is 7.50. The third kappa shape index (κ3) is 6.67. The van der Waals surface area contributed by atoms with Crippen LogP contribution < -0.4 is 15.4 Å². The molecule has 0 unspecified atom stereocenters. The molecule has 2 aromatic rings. The second kappa shape index (κ2) is 9.65. The van der Waals surface area contributed by atoms with E-state index in [0.29, 0.717) is 0 Å². The van der Waals surface area contributed by atoms with Crippen molar-refractivity contribution < 1.29 is 27.5 Å². The Morgan fingerprint density at radius 3 is 2.31 bits per heavy atom. The maximum atomic E-state index is 12.7. The number of ether oxygens (including phenoxy) is 1. The van der Waals surface area contributed by atoms with Crippen LogP contribution in [0.2, 0.25) is 5.02 Å². The average molecular weight is 429 g/mol. The summed E-state index contributed by atoms with van der Waals surface area (Å²) < 4.78 is 42.1. The summed E-state index contributed by atoms with van der Waals surface area (Å²) in [4.78, 5) is 25.2. The number of rotatable bonds is 7. The van der Waals surface area contributed by atoms with Gasteiger partial charge >= 0.3 is 6.18 Å². The minimum atomic E-state index is -4.51. The quantitative estimate of drug-likeness (QED) is 0.673. The van der Waals surface area contributed by atoms with Gasteiger partial charge in [-0.2, -0.15) is 13.2 Å². The third-order valence-electron chi connectivity index (χ3n) is 3.89. The van der Waals surface area contributed by atoms with Crippen molar-refractivity contribution in [3.8, 4) is 5.75 Å². The molecule has 0 saturated heterocycles. The molecule has 2 aromatic carbocycles. The van der Waals surface area contributed by atoms with Gasteiger partial charge in [0.1, 0.15) is 11.8 Å². The molecule has 2 N–H and O–H groups in total. The van der Waals surface area contributed by atoms with E-state index in [4.69, 9.17) is 16.3 Å². The molecule has 2 amide bonds. The lowest BCUT2D eigenvalue weighted by atomic mass is 10.0. The van der Waals surface area contributed by atoms with Crippen LogP contribution in [0, 0.1) is 5.92 Å². The van der Waals surface area contributed by atoms with Gasteiger partial charge in [-0.05, 0) is 30.2 Å². The Balaban J connectivity index is 2.14. The van der Waals surface area contributed by atoms with Crippen molar-refractivity contribution in [2.75, 3.05) is 11.9 Å². The van der Waals surface area contributed by atoms with Crippen LogP contribution in [0.5, 0.6) is 5.75 Å². The highest BCUT2D eigenvalue weighted by Gasteiger charge is 2.30. The smallest absolute Gasteiger partial charge is 0.422 e. The summed E-state index contributed by atoms with van der Waals surface area (Å²) in [5.74, 6) is -1.56. The van der Waals surface area contributed by atoms with E-state index in [1.807, 2.05) is 0 Å². The molecule has 29 heavy (non-hydrogen) atoms. The fourth-order valence-corrected chi connectivity index (χ4v) is 2.69. The maximum absolute atomic E-state index is 12.7. The van der Waals surface area contributed by atoms with Crippen LogP contribution in [-0.4, -0.2) is 30.6 Å². The first-order chi connectivity index (χ1) is 13.6. The van der Waals surface area contributed by atoms with Crippen LogP contribution >= 0.6 is 11.6 Å². The molecular weight excluding hydrogens is 409 g/mol. The van der Waals surface area contributed by atoms with Crippen LogP contribution in [-0.2, 0) is 4.79 Å². The number of benzene rings is 2. The summed E-state index contributed by atoms with van der Waals surface area (Å²) in [5, 5.41) is 5.37. The Bertz CT molecular complexity index is 872. The van der Waals surface area contributed by atoms with Gasteiger partial charge in [-0.25, -0.2) is 0 Å². The van der Waals surface area contributed by atoms with Gasteiger partial charge in [0.15, 0.2) is 6.61 Å². The molecule has 2 rings (SSSR count). The van der Waals surface area contributed by atoms with Crippen LogP contribution in [0.1, 0.15) is 24.2 Å². The zero-order chi connectivity index (χ0) is 21.6. The van der Waals surface area contributed by atoms with Crippen LogP contribution in [0.3, 0.4) is 0 Å². The van der Waals surface area contributed by atoms with Gasteiger partial charge in [0.05, 0.1) is 16.3 Å². The van der Waals surface area contributed by atoms with Crippen molar-refractivity contribution in [2.24, 2.45) is 5.92 Å². The van der Waals surface area contributed by atoms with Crippen LogP contribution in [0.25, 0.3) is 0 Å². The number of nitrogens with one attached hydrogen (secondary N) is 2. The number of carbonyl (C=O) groups is 2. The number of hydrogen-bond donors (Lipinski definition) is 2. The molecule has 0 radical (unpaired) electrons. The molecule has 9 heteroatoms. The topological polar surface area (TPSA) is 67.4 Å². The molecule has 0 aliphatic heterocycles. The van der Waals surface area contributed by atoms with Crippen LogP contribution in [0.4, 0.5) is 18.9 Å². The second-order valence-corrected chi connectivity index (χ2v) is 6.97. The van der Waals surface area contributed by atoms with Gasteiger partial charge < -0.3 is 15.4 Å². The highest BCUT2D eigenvalue weighted by atomic mass is 35.5. The molecule has 1 atom stereocenters. The number of amides is 2. The van der Waals surface area contributed by atoms with E-state index < -0.39 is 30.6 Å². The lowest BCUT2D eigenvalue weighted by Gasteiger charge is -2.23. The molecule has 0 heterocycles. The summed E-state index contributed by atoms with van der Waals surface area (Å²) in [6.07, 6.45) is -4.51. The molecule has 0 spiro atoms. The first-order valence-corrected chi connectivity index (χ1v) is 9.11. The minimum Gasteiger partial charge on any atom is -0.482 e. The summed E-state index contributed by atoms with van der Waals surface area (Å²) in [5.41, 5.74) is 0.279. The molecular formula is C20H20ClF3N2O3. The minimum absolute atomic E-state index is 0.0689. The third-order valence-corrected chi connectivity index (χ3v) is 4.22. The van der Waals surface area contributed by atoms with Gasteiger partial charge in [-0.1, -0.05) is 49.7 Å². The largest absolute Gasteiger partial charge is 0.482 e. The van der Waals surface area contributed by atoms with E-state index in [-0.39, 0.29) is 27.9 Å². The number of carbonyl (C=O) groups excluding carboxylic acids is 2. The predicted molar refractivity (Wildman–Crippen MR) is 104 cm³/mol. The van der Waals surface area contributed by atoms with Crippen molar-refractivity contribution in [3.63, 3.8) is 0 Å². The highest BCUT2D eigenvalue weighted by Crippen LogP contribution is 2.27. The molecule has 0 fully saturated rings. The van der Waals surface area contributed by atoms with Gasteiger partial charge in [-0.15, -0.1) is 0 Å². The summed E-state index contributed by atoms with van der Waals surface area (Å²) in [7, 11) is 0. The summed E-state index contributed by atoms with van der Waals surface area (Å²) >= 11 is 6.01. The number of alkyl halides is 3. The number of para-hydroxylation sites is 2. The molecule has 0 bridgehead atoms. The normalized spacial score (nSPS) is 12.4. The summed E-state index contributed by atoms with van der Waals surface area (Å²) in [6, 6.07) is 11.2. The van der Waals surface area contributed by atoms with Crippen molar-refractivity contribution in [2.45, 2.75) is 26.1 Å². The lowest BCUT2D eigenvalue weighted by molar-refractivity contribution is -0.153. The molecule has 5 nitrogen and oxygen atoms in total. The van der Waals surface area contributed by atoms with Crippen molar-refractivity contribution >= 4 is 29.1 Å². The zero-order valence-corrected chi connectivity index (χ0v) is 16.5. The van der Waals surface area contributed by atoms with Gasteiger partial charge in [-0.3, -0.25) is 9.59 Å². The average Bonchev–Trinajstić information content (AvgIpc) is 2.64. The number of anilines is 1. The zero-order valence-electron chi connectivity index (χ0n) is 15.7. The fourth-order valence-electron chi connectivity index (χ4n) is 2.47. The highest BCUT2D eigenvalue weighted by molar-refractivity contribution is 6.33. The molecule has 156 valence electrons. The fraction of sp³-hybridized carbons (Fsp3) is 0.300. The van der Waals surface area contributed by atoms with Crippen LogP contribution in [0.15, 0.2) is 48.5 Å². The van der Waals surface area contributed by atoms with E-state index in [2.05, 4.69) is 10.6 Å². The SMILES string of the molecule is CC(C)[C@@H](NC(=O)c1ccccc1Cl)C(=O)Nc1ccccc1OCC(F)(F)F. The number of hydrogen-bond acceptors (Lipinski definition) is 3. The Morgan fingerprint density at radius 2 is 1.69 bits per heavy atom. The predicted octanol–water partition coefficient (Wildman–Crippen LogP) is 4.67. The van der Waals surface area contributed by atoms with E-state index in [1.54, 1.807) is 38.1 Å². The molecule has 0 aliphatic rings. The molecule has 0 aliphatic carbocycles. The molecule has 0 saturated carbocycles. The number of halogens is 4. The van der Waals surface area contributed by atoms with Gasteiger partial charge in [0.25, 0.3) is 5.91 Å². The second-order valence-electron chi connectivity index (χ2n) is 6.56. The summed E-state index contributed by atoms with van der Waals surface area (Å²) in [6.45, 7) is 1.96.